The van der Waals surface area contributed by atoms with E-state index in [4.69, 9.17) is 0 Å². The molecule has 2 rings (SSSR count). The molecule has 0 spiro atoms. The average Bonchev–Trinajstić information content (AvgIpc) is 2.77. The maximum atomic E-state index is 11.2. The molecular weight excluding hydrogens is 270 g/mol. The number of rotatable bonds is 6. The zero-order valence-corrected chi connectivity index (χ0v) is 13.1. The summed E-state index contributed by atoms with van der Waals surface area (Å²) in [5.41, 5.74) is 0.657. The summed E-state index contributed by atoms with van der Waals surface area (Å²) in [6.45, 7) is 8.04. The van der Waals surface area contributed by atoms with E-state index in [0.29, 0.717) is 24.5 Å². The Morgan fingerprint density at radius 2 is 2.10 bits per heavy atom. The van der Waals surface area contributed by atoms with Crippen molar-refractivity contribution in [3.05, 3.63) is 15.8 Å². The summed E-state index contributed by atoms with van der Waals surface area (Å²) in [5.74, 6) is 1.33. The molecule has 1 N–H and O–H groups in total. The average molecular weight is 295 g/mol. The van der Waals surface area contributed by atoms with Gasteiger partial charge < -0.3 is 10.2 Å². The highest BCUT2D eigenvalue weighted by molar-refractivity contribution is 5.59. The third kappa shape index (κ3) is 3.72. The van der Waals surface area contributed by atoms with E-state index in [0.717, 1.165) is 25.6 Å². The fraction of sp³-hybridized carbons (Fsp3) is 0.786. The van der Waals surface area contributed by atoms with Gasteiger partial charge in [-0.2, -0.15) is 5.10 Å². The van der Waals surface area contributed by atoms with Gasteiger partial charge in [0.15, 0.2) is 0 Å². The van der Waals surface area contributed by atoms with Gasteiger partial charge in [-0.3, -0.25) is 10.1 Å². The lowest BCUT2D eigenvalue weighted by Gasteiger charge is -2.30. The van der Waals surface area contributed by atoms with Crippen LogP contribution in [0.15, 0.2) is 0 Å². The Hall–Kier alpha value is -1.63. The van der Waals surface area contributed by atoms with Gasteiger partial charge in [-0.15, -0.1) is 0 Å². The first-order valence-corrected chi connectivity index (χ1v) is 7.69. The van der Waals surface area contributed by atoms with E-state index in [-0.39, 0.29) is 10.6 Å². The number of aromatic nitrogens is 2. The molecule has 7 nitrogen and oxygen atoms in total. The minimum Gasteiger partial charge on any atom is -0.363 e. The van der Waals surface area contributed by atoms with Crippen molar-refractivity contribution in [1.29, 1.82) is 0 Å². The quantitative estimate of drug-likeness (QED) is 0.642. The Kier molecular flexibility index (Phi) is 5.17. The minimum absolute atomic E-state index is 0.118. The van der Waals surface area contributed by atoms with Crippen LogP contribution in [0.2, 0.25) is 0 Å². The van der Waals surface area contributed by atoms with Gasteiger partial charge in [0, 0.05) is 20.1 Å². The summed E-state index contributed by atoms with van der Waals surface area (Å²) in [6, 6.07) is 0. The molecule has 1 aliphatic rings. The molecule has 0 bridgehead atoms. The summed E-state index contributed by atoms with van der Waals surface area (Å²) in [6.07, 6.45) is 3.05. The standard InChI is InChI=1S/C14H25N5O2/c1-4-12-13(19(20)21)14(17(3)16-12)15-7-10-18-8-5-11(2)6-9-18/h11,15H,4-10H2,1-3H3. The summed E-state index contributed by atoms with van der Waals surface area (Å²) < 4.78 is 1.58. The fourth-order valence-electron chi connectivity index (χ4n) is 2.81. The number of nitrogens with one attached hydrogen (secondary N) is 1. The van der Waals surface area contributed by atoms with Crippen LogP contribution in [0.5, 0.6) is 0 Å². The van der Waals surface area contributed by atoms with Crippen molar-refractivity contribution in [1.82, 2.24) is 14.7 Å². The van der Waals surface area contributed by atoms with Gasteiger partial charge in [0.25, 0.3) is 0 Å². The van der Waals surface area contributed by atoms with E-state index in [1.165, 1.54) is 12.8 Å². The van der Waals surface area contributed by atoms with Gasteiger partial charge in [-0.1, -0.05) is 13.8 Å². The SMILES string of the molecule is CCc1nn(C)c(NCCN2CCC(C)CC2)c1[N+](=O)[O-]. The number of likely N-dealkylation sites (tertiary alicyclic amines) is 1. The lowest BCUT2D eigenvalue weighted by Crippen LogP contribution is -2.36. The van der Waals surface area contributed by atoms with Gasteiger partial charge in [0.2, 0.25) is 5.82 Å². The molecule has 2 heterocycles. The Morgan fingerprint density at radius 3 is 2.67 bits per heavy atom. The lowest BCUT2D eigenvalue weighted by molar-refractivity contribution is -0.384. The second-order valence-corrected chi connectivity index (χ2v) is 5.83. The number of nitrogens with zero attached hydrogens (tertiary/aromatic N) is 4. The van der Waals surface area contributed by atoms with E-state index in [9.17, 15) is 10.1 Å². The predicted molar refractivity (Wildman–Crippen MR) is 82.6 cm³/mol. The molecule has 118 valence electrons. The number of piperidine rings is 1. The molecule has 0 saturated carbocycles. The highest BCUT2D eigenvalue weighted by atomic mass is 16.6. The molecule has 0 unspecified atom stereocenters. The molecule has 21 heavy (non-hydrogen) atoms. The zero-order chi connectivity index (χ0) is 15.4. The molecule has 7 heteroatoms. The number of hydrogen-bond acceptors (Lipinski definition) is 5. The summed E-state index contributed by atoms with van der Waals surface area (Å²) in [5, 5.41) is 18.6. The predicted octanol–water partition coefficient (Wildman–Crippen LogP) is 2.03. The molecule has 0 atom stereocenters. The summed E-state index contributed by atoms with van der Waals surface area (Å²) >= 11 is 0. The van der Waals surface area contributed by atoms with Gasteiger partial charge in [-0.25, -0.2) is 4.68 Å². The molecule has 1 saturated heterocycles. The van der Waals surface area contributed by atoms with Crippen molar-refractivity contribution in [2.75, 3.05) is 31.5 Å². The normalized spacial score (nSPS) is 17.1. The third-order valence-electron chi connectivity index (χ3n) is 4.21. The largest absolute Gasteiger partial charge is 0.363 e. The van der Waals surface area contributed by atoms with Crippen molar-refractivity contribution in [3.63, 3.8) is 0 Å². The molecule has 0 aliphatic carbocycles. The maximum absolute atomic E-state index is 11.2. The molecule has 1 aliphatic heterocycles. The number of aryl methyl sites for hydroxylation is 2. The van der Waals surface area contributed by atoms with Gasteiger partial charge in [0.05, 0.1) is 4.92 Å². The van der Waals surface area contributed by atoms with Crippen LogP contribution in [0.4, 0.5) is 11.5 Å². The first kappa shape index (κ1) is 15.8. The summed E-state index contributed by atoms with van der Waals surface area (Å²) in [7, 11) is 1.75. The van der Waals surface area contributed by atoms with Crippen LogP contribution in [-0.4, -0.2) is 45.8 Å². The molecule has 1 aromatic rings. The van der Waals surface area contributed by atoms with Crippen LogP contribution in [0.3, 0.4) is 0 Å². The van der Waals surface area contributed by atoms with Gasteiger partial charge in [0.1, 0.15) is 5.69 Å². The smallest absolute Gasteiger partial charge is 0.333 e. The topological polar surface area (TPSA) is 76.2 Å². The Labute approximate surface area is 125 Å². The number of anilines is 1. The maximum Gasteiger partial charge on any atom is 0.333 e. The first-order chi connectivity index (χ1) is 10.0. The highest BCUT2D eigenvalue weighted by Gasteiger charge is 2.25. The Morgan fingerprint density at radius 1 is 1.43 bits per heavy atom. The van der Waals surface area contributed by atoms with Crippen molar-refractivity contribution < 1.29 is 4.92 Å². The monoisotopic (exact) mass is 295 g/mol. The van der Waals surface area contributed by atoms with Crippen LogP contribution in [0.1, 0.15) is 32.4 Å². The fourth-order valence-corrected chi connectivity index (χ4v) is 2.81. The highest BCUT2D eigenvalue weighted by Crippen LogP contribution is 2.28. The molecule has 1 fully saturated rings. The van der Waals surface area contributed by atoms with Crippen molar-refractivity contribution in [3.8, 4) is 0 Å². The molecule has 0 radical (unpaired) electrons. The van der Waals surface area contributed by atoms with Gasteiger partial charge in [-0.05, 0) is 38.3 Å². The molecule has 1 aromatic heterocycles. The Bertz CT molecular complexity index is 492. The second kappa shape index (κ2) is 6.89. The zero-order valence-electron chi connectivity index (χ0n) is 13.1. The van der Waals surface area contributed by atoms with Crippen molar-refractivity contribution in [2.24, 2.45) is 13.0 Å². The molecule has 0 amide bonds. The minimum atomic E-state index is -0.337. The molecule has 0 aromatic carbocycles. The van der Waals surface area contributed by atoms with E-state index in [2.05, 4.69) is 22.2 Å². The first-order valence-electron chi connectivity index (χ1n) is 7.69. The summed E-state index contributed by atoms with van der Waals surface area (Å²) in [4.78, 5) is 13.3. The number of nitro groups is 1. The Balaban J connectivity index is 1.94. The third-order valence-corrected chi connectivity index (χ3v) is 4.21. The van der Waals surface area contributed by atoms with E-state index < -0.39 is 0 Å². The molecular formula is C14H25N5O2. The van der Waals surface area contributed by atoms with Crippen molar-refractivity contribution in [2.45, 2.75) is 33.1 Å². The van der Waals surface area contributed by atoms with E-state index in [1.54, 1.807) is 11.7 Å². The van der Waals surface area contributed by atoms with Crippen LogP contribution < -0.4 is 5.32 Å². The van der Waals surface area contributed by atoms with Crippen LogP contribution in [-0.2, 0) is 13.5 Å². The lowest BCUT2D eigenvalue weighted by atomic mass is 9.99. The van der Waals surface area contributed by atoms with E-state index >= 15 is 0 Å². The van der Waals surface area contributed by atoms with Crippen molar-refractivity contribution >= 4 is 11.5 Å². The van der Waals surface area contributed by atoms with E-state index in [1.807, 2.05) is 6.92 Å². The van der Waals surface area contributed by atoms with Gasteiger partial charge >= 0.3 is 5.69 Å². The number of hydrogen-bond donors (Lipinski definition) is 1. The second-order valence-electron chi connectivity index (χ2n) is 5.83. The van der Waals surface area contributed by atoms with Crippen LogP contribution >= 0.6 is 0 Å². The van der Waals surface area contributed by atoms with Crippen LogP contribution in [0.25, 0.3) is 0 Å². The van der Waals surface area contributed by atoms with Crippen LogP contribution in [0, 0.1) is 16.0 Å².